The Kier molecular flexibility index (Phi) is 7.88. The Morgan fingerprint density at radius 1 is 1.02 bits per heavy atom. The predicted octanol–water partition coefficient (Wildman–Crippen LogP) is 4.31. The Morgan fingerprint density at radius 3 is 2.40 bits per heavy atom. The number of amides is 2. The van der Waals surface area contributed by atoms with Gasteiger partial charge in [-0.1, -0.05) is 6.42 Å². The summed E-state index contributed by atoms with van der Waals surface area (Å²) < 4.78 is 50.5. The minimum atomic E-state index is -4.44. The van der Waals surface area contributed by atoms with Gasteiger partial charge in [0.2, 0.25) is 5.88 Å². The highest BCUT2D eigenvalue weighted by molar-refractivity contribution is 5.91. The van der Waals surface area contributed by atoms with Gasteiger partial charge in [0.05, 0.1) is 5.56 Å². The van der Waals surface area contributed by atoms with Gasteiger partial charge in [0.1, 0.15) is 17.2 Å². The van der Waals surface area contributed by atoms with E-state index in [9.17, 15) is 22.8 Å². The predicted molar refractivity (Wildman–Crippen MR) is 139 cm³/mol. The molecule has 210 valence electrons. The summed E-state index contributed by atoms with van der Waals surface area (Å²) in [7, 11) is 0. The highest BCUT2D eigenvalue weighted by Crippen LogP contribution is 2.34. The molecular formula is C28H28F3N5O4. The number of hydrogen-bond donors (Lipinski definition) is 2. The van der Waals surface area contributed by atoms with Crippen molar-refractivity contribution < 1.29 is 32.2 Å². The van der Waals surface area contributed by atoms with Gasteiger partial charge in [-0.2, -0.15) is 18.2 Å². The normalized spacial score (nSPS) is 17.9. The number of likely N-dealkylation sites (tertiary alicyclic amines) is 1. The zero-order valence-corrected chi connectivity index (χ0v) is 21.5. The lowest BCUT2D eigenvalue weighted by Crippen LogP contribution is -2.29. The molecule has 3 aromatic rings. The second kappa shape index (κ2) is 11.5. The monoisotopic (exact) mass is 555 g/mol. The number of ether oxygens (including phenoxy) is 2. The molecule has 2 fully saturated rings. The van der Waals surface area contributed by atoms with Crippen molar-refractivity contribution in [2.24, 2.45) is 5.73 Å². The average molecular weight is 556 g/mol. The fourth-order valence-corrected chi connectivity index (χ4v) is 4.75. The third-order valence-corrected chi connectivity index (χ3v) is 6.79. The van der Waals surface area contributed by atoms with Gasteiger partial charge in [-0.15, -0.1) is 0 Å². The van der Waals surface area contributed by atoms with Gasteiger partial charge in [0.15, 0.2) is 11.9 Å². The maximum absolute atomic E-state index is 13.0. The van der Waals surface area contributed by atoms with Crippen LogP contribution >= 0.6 is 0 Å². The molecule has 2 amide bonds. The molecule has 12 heteroatoms. The molecule has 2 aliphatic heterocycles. The van der Waals surface area contributed by atoms with Gasteiger partial charge < -0.3 is 20.5 Å². The number of hydrogen-bond acceptors (Lipinski definition) is 7. The second-order valence-corrected chi connectivity index (χ2v) is 9.75. The summed E-state index contributed by atoms with van der Waals surface area (Å²) in [4.78, 5) is 35.3. The molecular weight excluding hydrogens is 527 g/mol. The van der Waals surface area contributed by atoms with E-state index in [2.05, 4.69) is 20.2 Å². The molecule has 0 bridgehead atoms. The maximum Gasteiger partial charge on any atom is 0.416 e. The molecule has 2 aliphatic rings. The third kappa shape index (κ3) is 6.50. The van der Waals surface area contributed by atoms with Crippen molar-refractivity contribution in [3.05, 3.63) is 65.4 Å². The van der Waals surface area contributed by atoms with Crippen LogP contribution in [0.2, 0.25) is 0 Å². The quantitative estimate of drug-likeness (QED) is 0.425. The summed E-state index contributed by atoms with van der Waals surface area (Å²) in [5, 5.41) is 2.69. The number of nitrogens with one attached hydrogen (secondary N) is 1. The summed E-state index contributed by atoms with van der Waals surface area (Å²) in [6, 6.07) is 10.9. The smallest absolute Gasteiger partial charge is 0.416 e. The van der Waals surface area contributed by atoms with Gasteiger partial charge in [0, 0.05) is 31.1 Å². The zero-order chi connectivity index (χ0) is 28.3. The Morgan fingerprint density at radius 2 is 1.75 bits per heavy atom. The number of primary amides is 1. The van der Waals surface area contributed by atoms with Crippen molar-refractivity contribution in [1.82, 2.24) is 20.2 Å². The van der Waals surface area contributed by atoms with Crippen LogP contribution in [0.5, 0.6) is 17.4 Å². The number of carbonyl (C=O) groups is 2. The first kappa shape index (κ1) is 27.4. The van der Waals surface area contributed by atoms with Crippen LogP contribution in [0.15, 0.2) is 48.5 Å². The molecule has 40 heavy (non-hydrogen) atoms. The van der Waals surface area contributed by atoms with Crippen LogP contribution < -0.4 is 20.5 Å². The summed E-state index contributed by atoms with van der Waals surface area (Å²) >= 11 is 0. The zero-order valence-electron chi connectivity index (χ0n) is 21.5. The molecule has 0 spiro atoms. The van der Waals surface area contributed by atoms with E-state index in [0.29, 0.717) is 30.8 Å². The Labute approximate surface area is 228 Å². The lowest BCUT2D eigenvalue weighted by atomic mass is 10.0. The summed E-state index contributed by atoms with van der Waals surface area (Å²) in [5.41, 5.74) is 6.11. The lowest BCUT2D eigenvalue weighted by Gasteiger charge is -2.27. The first-order chi connectivity index (χ1) is 19.2. The van der Waals surface area contributed by atoms with Crippen molar-refractivity contribution in [2.45, 2.75) is 44.5 Å². The van der Waals surface area contributed by atoms with Gasteiger partial charge in [-0.3, -0.25) is 14.5 Å². The van der Waals surface area contributed by atoms with E-state index < -0.39 is 23.8 Å². The van der Waals surface area contributed by atoms with E-state index in [-0.39, 0.29) is 29.1 Å². The first-order valence-corrected chi connectivity index (χ1v) is 13.0. The minimum Gasteiger partial charge on any atom is -0.464 e. The standard InChI is InChI=1S/C28H28F3N5O4/c29-28(30,31)18-4-6-19(7-5-18)39-20-8-9-21(17(14-20)16-36-12-2-1-3-13-36)26-34-22(25(32)37)15-24(35-26)40-23-10-11-33-27(23)38/h4-9,14-15,23H,1-3,10-13,16H2,(H2,32,37)(H,33,38). The van der Waals surface area contributed by atoms with Crippen LogP contribution in [0.4, 0.5) is 13.2 Å². The van der Waals surface area contributed by atoms with Crippen LogP contribution in [-0.2, 0) is 17.5 Å². The number of aromatic nitrogens is 2. The number of alkyl halides is 3. The van der Waals surface area contributed by atoms with Gasteiger partial charge in [-0.05, 0) is 74.0 Å². The molecule has 3 N–H and O–H groups in total. The van der Waals surface area contributed by atoms with E-state index in [1.165, 1.54) is 18.2 Å². The molecule has 1 atom stereocenters. The van der Waals surface area contributed by atoms with Crippen molar-refractivity contribution >= 4 is 11.8 Å². The molecule has 0 aliphatic carbocycles. The minimum absolute atomic E-state index is 0.0508. The highest BCUT2D eigenvalue weighted by atomic mass is 19.4. The SMILES string of the molecule is NC(=O)c1cc(OC2CCNC2=O)nc(-c2ccc(Oc3ccc(C(F)(F)F)cc3)cc2CN2CCCCC2)n1. The van der Waals surface area contributed by atoms with Gasteiger partial charge >= 0.3 is 6.18 Å². The number of halogens is 3. The van der Waals surface area contributed by atoms with E-state index in [4.69, 9.17) is 15.2 Å². The fourth-order valence-electron chi connectivity index (χ4n) is 4.75. The van der Waals surface area contributed by atoms with Crippen LogP contribution in [-0.4, -0.2) is 52.4 Å². The Hall–Kier alpha value is -4.19. The van der Waals surface area contributed by atoms with Gasteiger partial charge in [-0.25, -0.2) is 4.98 Å². The van der Waals surface area contributed by atoms with Gasteiger partial charge in [0.25, 0.3) is 11.8 Å². The summed E-state index contributed by atoms with van der Waals surface area (Å²) in [6.07, 6.45) is -1.44. The molecule has 5 rings (SSSR count). The molecule has 1 unspecified atom stereocenters. The fraction of sp³-hybridized carbons (Fsp3) is 0.357. The van der Waals surface area contributed by atoms with E-state index >= 15 is 0 Å². The Balaban J connectivity index is 1.49. The second-order valence-electron chi connectivity index (χ2n) is 9.75. The van der Waals surface area contributed by atoms with E-state index in [0.717, 1.165) is 50.0 Å². The van der Waals surface area contributed by atoms with Crippen LogP contribution in [0.25, 0.3) is 11.4 Å². The molecule has 3 heterocycles. The molecule has 0 radical (unpaired) electrons. The molecule has 1 aromatic heterocycles. The topological polar surface area (TPSA) is 120 Å². The van der Waals surface area contributed by atoms with Crippen LogP contribution in [0.3, 0.4) is 0 Å². The molecule has 2 aromatic carbocycles. The summed E-state index contributed by atoms with van der Waals surface area (Å²) in [5.74, 6) is -0.129. The number of carbonyl (C=O) groups excluding carboxylic acids is 2. The number of piperidine rings is 1. The van der Waals surface area contributed by atoms with Crippen LogP contribution in [0, 0.1) is 0 Å². The molecule has 2 saturated heterocycles. The first-order valence-electron chi connectivity index (χ1n) is 13.0. The number of rotatable bonds is 8. The molecule has 9 nitrogen and oxygen atoms in total. The number of benzene rings is 2. The van der Waals surface area contributed by atoms with Crippen molar-refractivity contribution in [2.75, 3.05) is 19.6 Å². The van der Waals surface area contributed by atoms with Crippen molar-refractivity contribution in [3.63, 3.8) is 0 Å². The highest BCUT2D eigenvalue weighted by Gasteiger charge is 2.30. The van der Waals surface area contributed by atoms with Crippen molar-refractivity contribution in [3.8, 4) is 28.8 Å². The van der Waals surface area contributed by atoms with E-state index in [1.807, 2.05) is 0 Å². The number of nitrogens with two attached hydrogens (primary N) is 1. The summed E-state index contributed by atoms with van der Waals surface area (Å²) in [6.45, 7) is 2.81. The number of nitrogens with zero attached hydrogens (tertiary/aromatic N) is 3. The molecule has 0 saturated carbocycles. The van der Waals surface area contributed by atoms with E-state index in [1.54, 1.807) is 18.2 Å². The van der Waals surface area contributed by atoms with Crippen LogP contribution in [0.1, 0.15) is 47.3 Å². The van der Waals surface area contributed by atoms with Crippen molar-refractivity contribution in [1.29, 1.82) is 0 Å². The third-order valence-electron chi connectivity index (χ3n) is 6.79. The Bertz CT molecular complexity index is 1390. The largest absolute Gasteiger partial charge is 0.464 e. The average Bonchev–Trinajstić information content (AvgIpc) is 3.33. The lowest BCUT2D eigenvalue weighted by molar-refractivity contribution is -0.137. The maximum atomic E-state index is 13.0.